The molecule has 5 nitrogen and oxygen atoms in total. The summed E-state index contributed by atoms with van der Waals surface area (Å²) >= 11 is 16.7. The quantitative estimate of drug-likeness (QED) is 0.797. The number of hydrogen-bond donors (Lipinski definition) is 0. The summed E-state index contributed by atoms with van der Waals surface area (Å²) in [6.07, 6.45) is 1.18. The molecule has 0 aliphatic heterocycles. The smallest absolute Gasteiger partial charge is 0.409 e. The largest absolute Gasteiger partial charge is 0.413 e. The Morgan fingerprint density at radius 1 is 1.16 bits per heavy atom. The van der Waals surface area contributed by atoms with E-state index >= 15 is 0 Å². The number of benzene rings is 1. The first-order valence-electron chi connectivity index (χ1n) is 4.89. The first-order valence-corrected chi connectivity index (χ1v) is 6.02. The van der Waals surface area contributed by atoms with E-state index in [9.17, 15) is 9.59 Å². The zero-order valence-electron chi connectivity index (χ0n) is 9.14. The van der Waals surface area contributed by atoms with E-state index in [2.05, 4.69) is 9.84 Å². The van der Waals surface area contributed by atoms with Gasteiger partial charge in [-0.3, -0.25) is 4.79 Å². The molecule has 0 saturated carbocycles. The van der Waals surface area contributed by atoms with Gasteiger partial charge in [0.2, 0.25) is 0 Å². The van der Waals surface area contributed by atoms with E-state index in [0.717, 1.165) is 10.7 Å². The molecule has 0 aliphatic rings. The topological polar surface area (TPSA) is 61.2 Å². The van der Waals surface area contributed by atoms with Gasteiger partial charge in [-0.2, -0.15) is 9.78 Å². The highest BCUT2D eigenvalue weighted by Crippen LogP contribution is 2.20. The molecule has 98 valence electrons. The number of hydrogen-bond acceptors (Lipinski definition) is 4. The molecule has 0 atom stereocenters. The van der Waals surface area contributed by atoms with Crippen molar-refractivity contribution in [2.24, 2.45) is 0 Å². The van der Waals surface area contributed by atoms with Crippen molar-refractivity contribution in [1.29, 1.82) is 0 Å². The van der Waals surface area contributed by atoms with Crippen LogP contribution in [-0.4, -0.2) is 15.2 Å². The van der Waals surface area contributed by atoms with Crippen LogP contribution < -0.4 is 10.3 Å². The number of halogens is 3. The Hall–Kier alpha value is -1.56. The van der Waals surface area contributed by atoms with Gasteiger partial charge in [-0.15, -0.1) is 0 Å². The minimum Gasteiger partial charge on any atom is -0.413 e. The van der Waals surface area contributed by atoms with Crippen molar-refractivity contribution < 1.29 is 9.53 Å². The zero-order valence-corrected chi connectivity index (χ0v) is 11.4. The van der Waals surface area contributed by atoms with Crippen LogP contribution >= 0.6 is 34.8 Å². The van der Waals surface area contributed by atoms with Gasteiger partial charge in [0.15, 0.2) is 5.75 Å². The van der Waals surface area contributed by atoms with E-state index in [4.69, 9.17) is 34.8 Å². The van der Waals surface area contributed by atoms with Crippen molar-refractivity contribution in [1.82, 2.24) is 9.78 Å². The van der Waals surface area contributed by atoms with Crippen LogP contribution in [0.15, 0.2) is 35.3 Å². The molecule has 1 aromatic carbocycles. The third kappa shape index (κ3) is 3.47. The number of carbonyl (C=O) groups excluding carboxylic acids is 1. The number of ether oxygens (including phenoxy) is 1. The van der Waals surface area contributed by atoms with E-state index in [1.165, 1.54) is 24.4 Å². The second-order valence-electron chi connectivity index (χ2n) is 3.41. The molecule has 0 amide bonds. The van der Waals surface area contributed by atoms with Crippen molar-refractivity contribution in [2.75, 3.05) is 0 Å². The first kappa shape index (κ1) is 13.9. The second-order valence-corrected chi connectivity index (χ2v) is 4.59. The normalized spacial score (nSPS) is 10.3. The lowest BCUT2D eigenvalue weighted by atomic mass is 10.3. The predicted molar refractivity (Wildman–Crippen MR) is 71.7 cm³/mol. The molecular formula is C11H5Cl3N2O3. The van der Waals surface area contributed by atoms with Crippen LogP contribution in [0.1, 0.15) is 0 Å². The molecule has 0 unspecified atom stereocenters. The highest BCUT2D eigenvalue weighted by molar-refractivity contribution is 6.61. The third-order valence-corrected chi connectivity index (χ3v) is 2.58. The molecule has 0 saturated heterocycles. The summed E-state index contributed by atoms with van der Waals surface area (Å²) in [7, 11) is 0. The van der Waals surface area contributed by atoms with Gasteiger partial charge in [0.1, 0.15) is 0 Å². The molecule has 0 spiro atoms. The molecule has 2 aromatic rings. The molecule has 2 rings (SSSR count). The van der Waals surface area contributed by atoms with Gasteiger partial charge >= 0.3 is 5.43 Å². The van der Waals surface area contributed by atoms with E-state index in [-0.39, 0.29) is 5.75 Å². The van der Waals surface area contributed by atoms with E-state index in [0.29, 0.717) is 15.7 Å². The molecule has 19 heavy (non-hydrogen) atoms. The Balaban J connectivity index is 2.46. The maximum absolute atomic E-state index is 11.8. The Bertz CT molecular complexity index is 680. The van der Waals surface area contributed by atoms with Crippen LogP contribution in [0.3, 0.4) is 0 Å². The minimum atomic E-state index is -1.05. The number of aromatic nitrogens is 2. The summed E-state index contributed by atoms with van der Waals surface area (Å²) in [4.78, 5) is 22.4. The highest BCUT2D eigenvalue weighted by atomic mass is 35.5. The molecular weight excluding hydrogens is 314 g/mol. The fourth-order valence-corrected chi connectivity index (χ4v) is 2.00. The second kappa shape index (κ2) is 5.61. The van der Waals surface area contributed by atoms with Crippen LogP contribution in [0.5, 0.6) is 5.75 Å². The number of nitrogens with zero attached hydrogens (tertiary/aromatic N) is 2. The van der Waals surface area contributed by atoms with Crippen LogP contribution in [0.2, 0.25) is 10.0 Å². The van der Waals surface area contributed by atoms with E-state index in [1.807, 2.05) is 0 Å². The molecule has 0 bridgehead atoms. The third-order valence-electron chi connectivity index (χ3n) is 2.06. The molecule has 8 heteroatoms. The zero-order chi connectivity index (χ0) is 14.0. The summed E-state index contributed by atoms with van der Waals surface area (Å²) in [5, 5.41) is 4.57. The number of rotatable bonds is 2. The van der Waals surface area contributed by atoms with Crippen molar-refractivity contribution >= 4 is 40.2 Å². The van der Waals surface area contributed by atoms with Gasteiger partial charge in [0.05, 0.1) is 11.9 Å². The van der Waals surface area contributed by atoms with Crippen LogP contribution in [-0.2, 0) is 0 Å². The minimum absolute atomic E-state index is 0.0469. The standard InChI is InChI=1S/C11H5Cl3N2O3/c12-6-1-7(13)3-8(2-6)16-10(17)4-9(5-15-16)19-11(14)18/h1-5H. The van der Waals surface area contributed by atoms with Crippen LogP contribution in [0, 0.1) is 0 Å². The summed E-state index contributed by atoms with van der Waals surface area (Å²) in [5.74, 6) is -0.0469. The summed E-state index contributed by atoms with van der Waals surface area (Å²) in [6.45, 7) is 0. The summed E-state index contributed by atoms with van der Waals surface area (Å²) < 4.78 is 5.59. The van der Waals surface area contributed by atoms with Crippen LogP contribution in [0.25, 0.3) is 5.69 Å². The fourth-order valence-electron chi connectivity index (χ4n) is 1.40. The predicted octanol–water partition coefficient (Wildman–Crippen LogP) is 3.28. The Kier molecular flexibility index (Phi) is 4.09. The average Bonchev–Trinajstić information content (AvgIpc) is 2.26. The maximum atomic E-state index is 11.8. The summed E-state index contributed by atoms with van der Waals surface area (Å²) in [5.41, 5.74) is -1.18. The van der Waals surface area contributed by atoms with Crippen molar-refractivity contribution in [3.8, 4) is 11.4 Å². The molecule has 1 heterocycles. The van der Waals surface area contributed by atoms with Crippen molar-refractivity contribution in [3.05, 3.63) is 50.9 Å². The molecule has 0 aliphatic carbocycles. The number of carbonyl (C=O) groups is 1. The lowest BCUT2D eigenvalue weighted by molar-refractivity contribution is 0.225. The monoisotopic (exact) mass is 318 g/mol. The van der Waals surface area contributed by atoms with E-state index < -0.39 is 11.0 Å². The average molecular weight is 320 g/mol. The van der Waals surface area contributed by atoms with E-state index in [1.54, 1.807) is 0 Å². The Morgan fingerprint density at radius 2 is 1.79 bits per heavy atom. The van der Waals surface area contributed by atoms with Gasteiger partial charge in [-0.05, 0) is 18.2 Å². The Morgan fingerprint density at radius 3 is 2.32 bits per heavy atom. The van der Waals surface area contributed by atoms with Gasteiger partial charge in [0.25, 0.3) is 5.56 Å². The molecule has 0 radical (unpaired) electrons. The highest BCUT2D eigenvalue weighted by Gasteiger charge is 2.07. The lowest BCUT2D eigenvalue weighted by Gasteiger charge is -2.06. The van der Waals surface area contributed by atoms with Gasteiger partial charge < -0.3 is 4.74 Å². The van der Waals surface area contributed by atoms with Crippen molar-refractivity contribution in [3.63, 3.8) is 0 Å². The van der Waals surface area contributed by atoms with Crippen LogP contribution in [0.4, 0.5) is 4.79 Å². The lowest BCUT2D eigenvalue weighted by Crippen LogP contribution is -2.20. The summed E-state index contributed by atoms with van der Waals surface area (Å²) in [6, 6.07) is 5.65. The molecule has 0 N–H and O–H groups in total. The van der Waals surface area contributed by atoms with Crippen molar-refractivity contribution in [2.45, 2.75) is 0 Å². The van der Waals surface area contributed by atoms with Gasteiger partial charge in [-0.1, -0.05) is 23.2 Å². The molecule has 1 aromatic heterocycles. The van der Waals surface area contributed by atoms with Gasteiger partial charge in [-0.25, -0.2) is 4.79 Å². The SMILES string of the molecule is O=C(Cl)Oc1cnn(-c2cc(Cl)cc(Cl)c2)c(=O)c1. The first-order chi connectivity index (χ1) is 8.95. The molecule has 0 fully saturated rings. The fraction of sp³-hybridized carbons (Fsp3) is 0. The van der Waals surface area contributed by atoms with Gasteiger partial charge in [0, 0.05) is 27.7 Å². The maximum Gasteiger partial charge on any atom is 0.409 e. The Labute approximate surface area is 122 Å².